The van der Waals surface area contributed by atoms with Crippen molar-refractivity contribution in [1.82, 2.24) is 15.0 Å². The summed E-state index contributed by atoms with van der Waals surface area (Å²) in [5.41, 5.74) is 1.59. The molecule has 1 aromatic carbocycles. The Morgan fingerprint density at radius 1 is 1.05 bits per heavy atom. The zero-order chi connectivity index (χ0) is 15.1. The Labute approximate surface area is 124 Å². The number of rotatable bonds is 7. The Bertz CT molecular complexity index is 608. The Hall–Kier alpha value is -2.07. The smallest absolute Gasteiger partial charge is 0.329 e. The number of hydrogen-bond acceptors (Lipinski definition) is 6. The first-order chi connectivity index (χ1) is 10.3. The fourth-order valence-corrected chi connectivity index (χ4v) is 2.40. The number of ether oxygens (including phenoxy) is 2. The Balaban J connectivity index is 2.59. The van der Waals surface area contributed by atoms with Crippen molar-refractivity contribution < 1.29 is 14.0 Å². The van der Waals surface area contributed by atoms with Gasteiger partial charge < -0.3 is 9.47 Å². The fourth-order valence-electron chi connectivity index (χ4n) is 1.96. The summed E-state index contributed by atoms with van der Waals surface area (Å²) in [6.45, 7) is 4.78. The normalized spacial score (nSPS) is 10.6. The molecular formula is C14H17N3O3P+. The van der Waals surface area contributed by atoms with Crippen molar-refractivity contribution in [3.05, 3.63) is 30.4 Å². The topological polar surface area (TPSA) is 74.2 Å². The van der Waals surface area contributed by atoms with Gasteiger partial charge in [-0.05, 0) is 19.9 Å². The first kappa shape index (κ1) is 15.3. The molecule has 1 atom stereocenters. The lowest BCUT2D eigenvalue weighted by molar-refractivity contribution is 0.287. The van der Waals surface area contributed by atoms with Crippen LogP contribution in [0.15, 0.2) is 24.8 Å². The molecule has 7 heteroatoms. The molecule has 0 aliphatic carbocycles. The minimum atomic E-state index is -0.429. The highest BCUT2D eigenvalue weighted by atomic mass is 31.1. The van der Waals surface area contributed by atoms with Gasteiger partial charge in [0.2, 0.25) is 0 Å². The van der Waals surface area contributed by atoms with Gasteiger partial charge in [-0.3, -0.25) is 0 Å². The molecule has 0 amide bonds. The zero-order valence-corrected chi connectivity index (χ0v) is 13.0. The molecule has 0 saturated heterocycles. The third-order valence-electron chi connectivity index (χ3n) is 2.77. The molecule has 0 saturated carbocycles. The van der Waals surface area contributed by atoms with E-state index in [4.69, 9.17) is 9.47 Å². The van der Waals surface area contributed by atoms with Crippen LogP contribution in [0, 0.1) is 0 Å². The summed E-state index contributed by atoms with van der Waals surface area (Å²) in [4.78, 5) is 12.1. The molecule has 2 rings (SSSR count). The fraction of sp³-hybridized carbons (Fsp3) is 0.357. The van der Waals surface area contributed by atoms with Crippen LogP contribution in [0.25, 0.3) is 11.4 Å². The zero-order valence-electron chi connectivity index (χ0n) is 12.0. The monoisotopic (exact) mass is 306 g/mol. The van der Waals surface area contributed by atoms with Crippen LogP contribution in [-0.2, 0) is 10.7 Å². The lowest BCUT2D eigenvalue weighted by Crippen LogP contribution is -2.04. The maximum Gasteiger partial charge on any atom is 0.329 e. The number of benzene rings is 1. The number of aromatic nitrogens is 3. The molecule has 0 spiro atoms. The first-order valence-corrected chi connectivity index (χ1v) is 7.82. The Kier molecular flexibility index (Phi) is 5.58. The number of nitrogens with zero attached hydrogens (tertiary/aromatic N) is 3. The number of hydrogen-bond donors (Lipinski definition) is 0. The van der Waals surface area contributed by atoms with Crippen LogP contribution < -0.4 is 9.47 Å². The molecular weight excluding hydrogens is 289 g/mol. The van der Waals surface area contributed by atoms with E-state index in [1.54, 1.807) is 0 Å². The molecule has 1 unspecified atom stereocenters. The standard InChI is InChI=1S/C14H16N3O3P/c1-3-19-12-10(7-21-18)5-6-11(13(12)20-4-2)14-16-8-15-9-17-14/h5-6,8-9H,3-4,7H2,1-2H3/p+1. The van der Waals surface area contributed by atoms with Crippen molar-refractivity contribution in [2.75, 3.05) is 13.2 Å². The van der Waals surface area contributed by atoms with E-state index in [0.717, 1.165) is 11.1 Å². The second-order valence-electron chi connectivity index (χ2n) is 4.08. The van der Waals surface area contributed by atoms with Gasteiger partial charge in [0.25, 0.3) is 0 Å². The molecule has 6 nitrogen and oxygen atoms in total. The van der Waals surface area contributed by atoms with Crippen LogP contribution in [0.4, 0.5) is 0 Å². The van der Waals surface area contributed by atoms with Gasteiger partial charge >= 0.3 is 8.46 Å². The third kappa shape index (κ3) is 3.52. The van der Waals surface area contributed by atoms with Crippen molar-refractivity contribution in [3.8, 4) is 22.9 Å². The van der Waals surface area contributed by atoms with E-state index in [1.807, 2.05) is 26.0 Å². The molecule has 0 aliphatic heterocycles. The van der Waals surface area contributed by atoms with Crippen molar-refractivity contribution in [2.24, 2.45) is 0 Å². The molecule has 0 fully saturated rings. The molecule has 0 aliphatic rings. The van der Waals surface area contributed by atoms with Gasteiger partial charge in [0.15, 0.2) is 23.5 Å². The van der Waals surface area contributed by atoms with Gasteiger partial charge in [-0.2, -0.15) is 0 Å². The largest absolute Gasteiger partial charge is 0.490 e. The van der Waals surface area contributed by atoms with Crippen LogP contribution in [0.2, 0.25) is 0 Å². The van der Waals surface area contributed by atoms with Gasteiger partial charge in [-0.1, -0.05) is 10.6 Å². The van der Waals surface area contributed by atoms with E-state index < -0.39 is 8.46 Å². The molecule has 21 heavy (non-hydrogen) atoms. The second kappa shape index (κ2) is 7.64. The summed E-state index contributed by atoms with van der Waals surface area (Å²) in [5.74, 6) is 1.72. The molecule has 0 radical (unpaired) electrons. The van der Waals surface area contributed by atoms with Crippen molar-refractivity contribution in [2.45, 2.75) is 20.0 Å². The average molecular weight is 306 g/mol. The van der Waals surface area contributed by atoms with Crippen LogP contribution >= 0.6 is 8.46 Å². The first-order valence-electron chi connectivity index (χ1n) is 6.70. The van der Waals surface area contributed by atoms with Gasteiger partial charge in [-0.25, -0.2) is 15.0 Å². The second-order valence-corrected chi connectivity index (χ2v) is 4.72. The Morgan fingerprint density at radius 3 is 2.33 bits per heavy atom. The van der Waals surface area contributed by atoms with E-state index in [1.165, 1.54) is 12.7 Å². The SMILES string of the molecule is CCOc1c(C[PH+]=O)ccc(-c2ncncn2)c1OCC. The highest BCUT2D eigenvalue weighted by Crippen LogP contribution is 2.40. The van der Waals surface area contributed by atoms with E-state index in [-0.39, 0.29) is 0 Å². The summed E-state index contributed by atoms with van der Waals surface area (Å²) in [7, 11) is -0.429. The van der Waals surface area contributed by atoms with E-state index in [9.17, 15) is 4.57 Å². The molecule has 110 valence electrons. The lowest BCUT2D eigenvalue weighted by Gasteiger charge is -2.16. The van der Waals surface area contributed by atoms with Crippen LogP contribution in [0.3, 0.4) is 0 Å². The third-order valence-corrected chi connectivity index (χ3v) is 3.29. The summed E-state index contributed by atoms with van der Waals surface area (Å²) in [6, 6.07) is 3.73. The van der Waals surface area contributed by atoms with Crippen LogP contribution in [-0.4, -0.2) is 28.2 Å². The molecule has 2 aromatic rings. The minimum Gasteiger partial charge on any atom is -0.490 e. The minimum absolute atomic E-state index is 0.424. The lowest BCUT2D eigenvalue weighted by atomic mass is 10.1. The van der Waals surface area contributed by atoms with E-state index in [2.05, 4.69) is 15.0 Å². The molecule has 0 bridgehead atoms. The van der Waals surface area contributed by atoms with Crippen LogP contribution in [0.1, 0.15) is 19.4 Å². The highest BCUT2D eigenvalue weighted by Gasteiger charge is 2.20. The molecule has 1 aromatic heterocycles. The summed E-state index contributed by atoms with van der Waals surface area (Å²) in [5, 5.41) is 0. The summed E-state index contributed by atoms with van der Waals surface area (Å²) >= 11 is 0. The highest BCUT2D eigenvalue weighted by molar-refractivity contribution is 7.22. The maximum absolute atomic E-state index is 11.0. The van der Waals surface area contributed by atoms with Gasteiger partial charge in [0, 0.05) is 5.56 Å². The molecule has 1 heterocycles. The van der Waals surface area contributed by atoms with Crippen molar-refractivity contribution >= 4 is 8.46 Å². The van der Waals surface area contributed by atoms with E-state index >= 15 is 0 Å². The molecule has 0 N–H and O–H groups in total. The summed E-state index contributed by atoms with van der Waals surface area (Å²) < 4.78 is 22.4. The van der Waals surface area contributed by atoms with Crippen molar-refractivity contribution in [3.63, 3.8) is 0 Å². The van der Waals surface area contributed by atoms with Crippen molar-refractivity contribution in [1.29, 1.82) is 0 Å². The van der Waals surface area contributed by atoms with E-state index in [0.29, 0.717) is 36.7 Å². The predicted molar refractivity (Wildman–Crippen MR) is 80.3 cm³/mol. The predicted octanol–water partition coefficient (Wildman–Crippen LogP) is 2.86. The van der Waals surface area contributed by atoms with Gasteiger partial charge in [-0.15, -0.1) is 0 Å². The summed E-state index contributed by atoms with van der Waals surface area (Å²) in [6.07, 6.45) is 3.30. The van der Waals surface area contributed by atoms with Crippen LogP contribution in [0.5, 0.6) is 11.5 Å². The quantitative estimate of drug-likeness (QED) is 0.732. The average Bonchev–Trinajstić information content (AvgIpc) is 2.52. The van der Waals surface area contributed by atoms with Gasteiger partial charge in [0.1, 0.15) is 12.7 Å². The maximum atomic E-state index is 11.0. The Morgan fingerprint density at radius 2 is 1.71 bits per heavy atom. The van der Waals surface area contributed by atoms with Gasteiger partial charge in [0.05, 0.1) is 18.8 Å².